The second-order valence-electron chi connectivity index (χ2n) is 6.98. The monoisotopic (exact) mass is 307 g/mol. The molecule has 0 spiro atoms. The maximum atomic E-state index is 11.3. The number of aryl methyl sites for hydroxylation is 1. The van der Waals surface area contributed by atoms with E-state index in [1.807, 2.05) is 6.07 Å². The molecule has 0 radical (unpaired) electrons. The second-order valence-corrected chi connectivity index (χ2v) is 6.98. The maximum absolute atomic E-state index is 11.3. The number of hydrogen-bond acceptors (Lipinski definition) is 5. The Morgan fingerprint density at radius 3 is 2.41 bits per heavy atom. The van der Waals surface area contributed by atoms with Crippen LogP contribution >= 0.6 is 0 Å². The van der Waals surface area contributed by atoms with E-state index in [4.69, 9.17) is 0 Å². The number of nitro groups is 1. The first kappa shape index (κ1) is 16.7. The minimum atomic E-state index is -0.494. The Kier molecular flexibility index (Phi) is 4.72. The molecule has 1 heterocycles. The van der Waals surface area contributed by atoms with Crippen molar-refractivity contribution in [3.8, 4) is 5.75 Å². The summed E-state index contributed by atoms with van der Waals surface area (Å²) in [5.74, 6) is -0.191. The van der Waals surface area contributed by atoms with Crippen LogP contribution in [-0.4, -0.2) is 41.1 Å². The molecule has 0 aliphatic carbocycles. The lowest BCUT2D eigenvalue weighted by Gasteiger charge is -2.42. The smallest absolute Gasteiger partial charge is 0.313 e. The molecule has 6 nitrogen and oxygen atoms in total. The molecule has 1 aliphatic rings. The number of aromatic hydroxyl groups is 1. The number of phenols is 1. The topological polar surface area (TPSA) is 78.6 Å². The van der Waals surface area contributed by atoms with Gasteiger partial charge in [-0.15, -0.1) is 0 Å². The number of benzene rings is 1. The van der Waals surface area contributed by atoms with Crippen LogP contribution < -0.4 is 5.32 Å². The first-order valence-electron chi connectivity index (χ1n) is 7.65. The van der Waals surface area contributed by atoms with Crippen molar-refractivity contribution in [3.05, 3.63) is 33.4 Å². The van der Waals surface area contributed by atoms with Crippen molar-refractivity contribution in [1.29, 1.82) is 0 Å². The summed E-state index contributed by atoms with van der Waals surface area (Å²) in [4.78, 5) is 13.1. The third kappa shape index (κ3) is 3.23. The average Bonchev–Trinajstić information content (AvgIpc) is 2.41. The highest BCUT2D eigenvalue weighted by Crippen LogP contribution is 2.45. The molecule has 0 saturated carbocycles. The van der Waals surface area contributed by atoms with Gasteiger partial charge in [0.05, 0.1) is 4.92 Å². The highest BCUT2D eigenvalue weighted by molar-refractivity contribution is 5.57. The zero-order valence-corrected chi connectivity index (χ0v) is 13.7. The molecule has 1 aromatic rings. The summed E-state index contributed by atoms with van der Waals surface area (Å²) in [5, 5.41) is 25.1. The van der Waals surface area contributed by atoms with Gasteiger partial charge in [0.15, 0.2) is 5.75 Å². The Bertz CT molecular complexity index is 560. The summed E-state index contributed by atoms with van der Waals surface area (Å²) >= 11 is 0. The van der Waals surface area contributed by atoms with E-state index in [-0.39, 0.29) is 22.9 Å². The molecule has 2 N–H and O–H groups in total. The lowest BCUT2D eigenvalue weighted by Crippen LogP contribution is -2.48. The Balaban J connectivity index is 2.53. The van der Waals surface area contributed by atoms with E-state index in [2.05, 4.69) is 31.0 Å². The van der Waals surface area contributed by atoms with Crippen molar-refractivity contribution >= 4 is 5.69 Å². The van der Waals surface area contributed by atoms with Crippen molar-refractivity contribution < 1.29 is 10.0 Å². The van der Waals surface area contributed by atoms with Gasteiger partial charge in [-0.3, -0.25) is 15.0 Å². The highest BCUT2D eigenvalue weighted by atomic mass is 16.6. The molecule has 1 saturated heterocycles. The zero-order valence-electron chi connectivity index (χ0n) is 13.7. The van der Waals surface area contributed by atoms with Crippen LogP contribution in [0.2, 0.25) is 0 Å². The van der Waals surface area contributed by atoms with E-state index in [9.17, 15) is 15.2 Å². The molecular weight excluding hydrogens is 282 g/mol. The normalized spacial score (nSPS) is 18.2. The van der Waals surface area contributed by atoms with Crippen LogP contribution in [0.1, 0.15) is 37.9 Å². The Morgan fingerprint density at radius 2 is 1.91 bits per heavy atom. The molecule has 1 aliphatic heterocycles. The number of rotatable bonds is 3. The molecule has 0 unspecified atom stereocenters. The van der Waals surface area contributed by atoms with E-state index in [1.165, 1.54) is 0 Å². The fourth-order valence-electron chi connectivity index (χ4n) is 3.30. The lowest BCUT2D eigenvalue weighted by atomic mass is 9.80. The Labute approximate surface area is 131 Å². The zero-order chi connectivity index (χ0) is 16.5. The van der Waals surface area contributed by atoms with Crippen LogP contribution in [0, 0.1) is 22.5 Å². The quantitative estimate of drug-likeness (QED) is 0.663. The molecule has 22 heavy (non-hydrogen) atoms. The van der Waals surface area contributed by atoms with E-state index in [0.717, 1.165) is 26.2 Å². The van der Waals surface area contributed by atoms with Gasteiger partial charge in [0.1, 0.15) is 0 Å². The van der Waals surface area contributed by atoms with Gasteiger partial charge in [-0.2, -0.15) is 0 Å². The average molecular weight is 307 g/mol. The van der Waals surface area contributed by atoms with Gasteiger partial charge in [-0.1, -0.05) is 32.9 Å². The SMILES string of the molecule is Cc1ccc([C@H](N2CCNCC2)C(C)(C)C)c(O)c1[N+](=O)[O-]. The largest absolute Gasteiger partial charge is 0.502 e. The first-order valence-corrected chi connectivity index (χ1v) is 7.65. The van der Waals surface area contributed by atoms with E-state index < -0.39 is 4.92 Å². The summed E-state index contributed by atoms with van der Waals surface area (Å²) < 4.78 is 0. The fourth-order valence-corrected chi connectivity index (χ4v) is 3.30. The molecule has 122 valence electrons. The van der Waals surface area contributed by atoms with E-state index in [1.54, 1.807) is 13.0 Å². The van der Waals surface area contributed by atoms with E-state index >= 15 is 0 Å². The van der Waals surface area contributed by atoms with Crippen LogP contribution in [0.4, 0.5) is 5.69 Å². The Morgan fingerprint density at radius 1 is 1.32 bits per heavy atom. The summed E-state index contributed by atoms with van der Waals surface area (Å²) in [6.07, 6.45) is 0. The predicted molar refractivity (Wildman–Crippen MR) is 86.1 cm³/mol. The van der Waals surface area contributed by atoms with Gasteiger partial charge in [-0.05, 0) is 12.3 Å². The number of phenolic OH excluding ortho intramolecular Hbond substituents is 1. The fraction of sp³-hybridized carbons (Fsp3) is 0.625. The summed E-state index contributed by atoms with van der Waals surface area (Å²) in [5.41, 5.74) is 0.811. The molecular formula is C16H25N3O3. The van der Waals surface area contributed by atoms with Gasteiger partial charge >= 0.3 is 5.69 Å². The van der Waals surface area contributed by atoms with Crippen LogP contribution in [0.3, 0.4) is 0 Å². The number of hydrogen-bond donors (Lipinski definition) is 2. The van der Waals surface area contributed by atoms with Gasteiger partial charge < -0.3 is 10.4 Å². The number of nitro benzene ring substituents is 1. The minimum Gasteiger partial charge on any atom is -0.502 e. The van der Waals surface area contributed by atoms with Gasteiger partial charge in [0.2, 0.25) is 0 Å². The Hall–Kier alpha value is -1.66. The molecule has 6 heteroatoms. The van der Waals surface area contributed by atoms with Gasteiger partial charge in [0, 0.05) is 43.3 Å². The van der Waals surface area contributed by atoms with Crippen molar-refractivity contribution in [3.63, 3.8) is 0 Å². The predicted octanol–water partition coefficient (Wildman–Crippen LogP) is 2.60. The molecule has 0 amide bonds. The van der Waals surface area contributed by atoms with Crippen LogP contribution in [0.15, 0.2) is 12.1 Å². The summed E-state index contributed by atoms with van der Waals surface area (Å²) in [6, 6.07) is 3.50. The van der Waals surface area contributed by atoms with Gasteiger partial charge in [0.25, 0.3) is 0 Å². The first-order chi connectivity index (χ1) is 10.2. The number of nitrogens with zero attached hydrogens (tertiary/aromatic N) is 2. The molecule has 0 aromatic heterocycles. The maximum Gasteiger partial charge on any atom is 0.313 e. The third-order valence-electron chi connectivity index (χ3n) is 4.20. The van der Waals surface area contributed by atoms with E-state index in [0.29, 0.717) is 11.1 Å². The van der Waals surface area contributed by atoms with Crippen molar-refractivity contribution in [1.82, 2.24) is 10.2 Å². The second kappa shape index (κ2) is 6.22. The molecule has 1 fully saturated rings. The van der Waals surface area contributed by atoms with Crippen LogP contribution in [0.25, 0.3) is 0 Å². The molecule has 1 atom stereocenters. The summed E-state index contributed by atoms with van der Waals surface area (Å²) in [6.45, 7) is 11.5. The van der Waals surface area contributed by atoms with Crippen molar-refractivity contribution in [2.75, 3.05) is 26.2 Å². The minimum absolute atomic E-state index is 0.0612. The molecule has 0 bridgehead atoms. The molecule has 2 rings (SSSR count). The van der Waals surface area contributed by atoms with Crippen LogP contribution in [-0.2, 0) is 0 Å². The van der Waals surface area contributed by atoms with Crippen molar-refractivity contribution in [2.45, 2.75) is 33.7 Å². The standard InChI is InChI=1S/C16H25N3O3/c1-11-5-6-12(14(20)13(11)19(21)22)15(16(2,3)4)18-9-7-17-8-10-18/h5-6,15,17,20H,7-10H2,1-4H3/t15-/m0/s1. The van der Waals surface area contributed by atoms with Crippen LogP contribution in [0.5, 0.6) is 5.75 Å². The third-order valence-corrected chi connectivity index (χ3v) is 4.20. The highest BCUT2D eigenvalue weighted by Gasteiger charge is 2.36. The van der Waals surface area contributed by atoms with Gasteiger partial charge in [-0.25, -0.2) is 0 Å². The summed E-state index contributed by atoms with van der Waals surface area (Å²) in [7, 11) is 0. The number of nitrogens with one attached hydrogen (secondary N) is 1. The lowest BCUT2D eigenvalue weighted by molar-refractivity contribution is -0.386. The van der Waals surface area contributed by atoms with Crippen molar-refractivity contribution in [2.24, 2.45) is 5.41 Å². The number of piperazine rings is 1. The molecule has 1 aromatic carbocycles.